The second kappa shape index (κ2) is 11.4. The van der Waals surface area contributed by atoms with Crippen LogP contribution in [0.25, 0.3) is 32.1 Å². The summed E-state index contributed by atoms with van der Waals surface area (Å²) in [6, 6.07) is 4.90. The van der Waals surface area contributed by atoms with E-state index < -0.39 is 30.4 Å². The zero-order valence-electron chi connectivity index (χ0n) is 27.0. The van der Waals surface area contributed by atoms with Crippen LogP contribution >= 0.6 is 11.3 Å². The van der Waals surface area contributed by atoms with Gasteiger partial charge in [-0.25, -0.2) is 13.2 Å². The Balaban J connectivity index is 1.26. The number of alkyl halides is 1. The van der Waals surface area contributed by atoms with E-state index in [1.54, 1.807) is 12.9 Å². The Kier molecular flexibility index (Phi) is 7.30. The molecule has 49 heavy (non-hydrogen) atoms. The molecule has 0 amide bonds. The molecular weight excluding hydrogens is 654 g/mol. The van der Waals surface area contributed by atoms with E-state index in [4.69, 9.17) is 25.2 Å². The third-order valence-electron chi connectivity index (χ3n) is 11.5. The molecule has 5 aliphatic heterocycles. The van der Waals surface area contributed by atoms with E-state index in [-0.39, 0.29) is 70.5 Å². The lowest BCUT2D eigenvalue weighted by Gasteiger charge is -2.43. The molecule has 4 fully saturated rings. The van der Waals surface area contributed by atoms with Gasteiger partial charge in [0.2, 0.25) is 0 Å². The van der Waals surface area contributed by atoms with E-state index in [2.05, 4.69) is 15.9 Å². The van der Waals surface area contributed by atoms with Crippen molar-refractivity contribution in [3.05, 3.63) is 40.5 Å². The molecule has 4 atom stereocenters. The number of piperazine rings is 1. The summed E-state index contributed by atoms with van der Waals surface area (Å²) >= 11 is 1.15. The number of hydrogen-bond donors (Lipinski definition) is 2. The van der Waals surface area contributed by atoms with Gasteiger partial charge < -0.3 is 29.9 Å². The number of nitrogen functional groups attached to an aromatic ring is 1. The van der Waals surface area contributed by atoms with Crippen LogP contribution in [0.3, 0.4) is 0 Å². The predicted octanol–water partition coefficient (Wildman–Crippen LogP) is 4.99. The maximum Gasteiger partial charge on any atom is 0.376 e. The normalized spacial score (nSPS) is 26.5. The third-order valence-corrected chi connectivity index (χ3v) is 12.5. The molecule has 2 bridgehead atoms. The smallest absolute Gasteiger partial charge is 0.376 e. The summed E-state index contributed by atoms with van der Waals surface area (Å²) in [5.41, 5.74) is 6.89. The first-order chi connectivity index (χ1) is 23.7. The van der Waals surface area contributed by atoms with Gasteiger partial charge in [-0.2, -0.15) is 15.2 Å². The molecule has 0 spiro atoms. The van der Waals surface area contributed by atoms with Gasteiger partial charge in [0, 0.05) is 59.4 Å². The van der Waals surface area contributed by atoms with Crippen LogP contribution in [0.2, 0.25) is 6.82 Å². The Hall–Kier alpha value is -3.68. The van der Waals surface area contributed by atoms with Crippen LogP contribution in [-0.2, 0) is 18.0 Å². The minimum absolute atomic E-state index is 0.00390. The number of nitrogens with zero attached hydrogens (tertiary/aromatic N) is 6. The van der Waals surface area contributed by atoms with Crippen molar-refractivity contribution in [2.45, 2.75) is 75.9 Å². The van der Waals surface area contributed by atoms with E-state index in [0.717, 1.165) is 43.6 Å². The first-order valence-corrected chi connectivity index (χ1v) is 17.7. The van der Waals surface area contributed by atoms with Gasteiger partial charge >= 0.3 is 13.1 Å². The van der Waals surface area contributed by atoms with Crippen molar-refractivity contribution >= 4 is 50.2 Å². The largest absolute Gasteiger partial charge is 0.461 e. The summed E-state index contributed by atoms with van der Waals surface area (Å²) in [6.45, 7) is 4.48. The lowest BCUT2D eigenvalue weighted by Crippen LogP contribution is -2.57. The number of halogens is 3. The number of hydrogen-bond acceptors (Lipinski definition) is 11. The first kappa shape index (κ1) is 31.3. The molecule has 2 unspecified atom stereocenters. The molecule has 5 aliphatic rings. The van der Waals surface area contributed by atoms with Gasteiger partial charge in [0.15, 0.2) is 5.82 Å². The molecule has 4 aromatic rings. The fraction of sp³-hybridized carbons (Fsp3) is 0.500. The summed E-state index contributed by atoms with van der Waals surface area (Å²) in [5.74, 6) is -0.917. The molecule has 2 aromatic carbocycles. The average molecular weight is 690 g/mol. The van der Waals surface area contributed by atoms with Crippen molar-refractivity contribution in [1.82, 2.24) is 19.7 Å². The van der Waals surface area contributed by atoms with Crippen molar-refractivity contribution in [2.24, 2.45) is 0 Å². The molecule has 3 N–H and O–H groups in total. The molecule has 7 heterocycles. The monoisotopic (exact) mass is 689 g/mol. The van der Waals surface area contributed by atoms with Crippen molar-refractivity contribution in [3.8, 4) is 23.2 Å². The fourth-order valence-corrected chi connectivity index (χ4v) is 10.2. The van der Waals surface area contributed by atoms with Gasteiger partial charge in [-0.1, -0.05) is 0 Å². The van der Waals surface area contributed by atoms with Gasteiger partial charge in [0.1, 0.15) is 41.0 Å². The number of nitrogens with two attached hydrogens (primary N) is 1. The Morgan fingerprint density at radius 2 is 1.92 bits per heavy atom. The zero-order chi connectivity index (χ0) is 33.8. The SMILES string of the molecule is CB(O)N1CC2CCC(C1)N2c1nc(OC[C@@]23CCCN2C[C@H](F)C3)nc2c(F)c(-c3c(F)ccc4sc(N)c(C#N)c34)c3c(c12)COC3. The molecule has 9 rings (SSSR count). The fourth-order valence-electron chi connectivity index (χ4n) is 9.28. The number of fused-ring (bicyclic) bond motifs is 7. The van der Waals surface area contributed by atoms with E-state index >= 15 is 8.78 Å². The summed E-state index contributed by atoms with van der Waals surface area (Å²) in [5, 5.41) is 21.4. The predicted molar refractivity (Wildman–Crippen MR) is 181 cm³/mol. The van der Waals surface area contributed by atoms with Crippen LogP contribution < -0.4 is 15.4 Å². The van der Waals surface area contributed by atoms with Gasteiger partial charge in [0.25, 0.3) is 0 Å². The molecule has 4 saturated heterocycles. The van der Waals surface area contributed by atoms with Gasteiger partial charge in [-0.05, 0) is 62.3 Å². The summed E-state index contributed by atoms with van der Waals surface area (Å²) in [4.78, 5) is 16.1. The average Bonchev–Trinajstić information content (AvgIpc) is 3.88. The lowest BCUT2D eigenvalue weighted by atomic mass is 9.83. The molecule has 0 saturated carbocycles. The van der Waals surface area contributed by atoms with Crippen LogP contribution in [0.5, 0.6) is 6.01 Å². The maximum atomic E-state index is 17.5. The van der Waals surface area contributed by atoms with Crippen LogP contribution in [0.1, 0.15) is 48.8 Å². The quantitative estimate of drug-likeness (QED) is 0.268. The topological polar surface area (TPSA) is 124 Å². The van der Waals surface area contributed by atoms with Gasteiger partial charge in [0.05, 0.1) is 29.7 Å². The number of rotatable bonds is 6. The minimum atomic E-state index is -0.942. The summed E-state index contributed by atoms with van der Waals surface area (Å²) in [6.07, 6.45) is 2.88. The molecule has 0 aliphatic carbocycles. The Morgan fingerprint density at radius 3 is 2.67 bits per heavy atom. The molecule has 10 nitrogen and oxygen atoms in total. The molecule has 0 radical (unpaired) electrons. The zero-order valence-corrected chi connectivity index (χ0v) is 27.8. The van der Waals surface area contributed by atoms with Crippen molar-refractivity contribution in [1.29, 1.82) is 5.26 Å². The Labute approximate surface area is 285 Å². The minimum Gasteiger partial charge on any atom is -0.461 e. The standard InChI is InChI=1S/C34H35BF3N7O3S/c1-35(46)44-12-18-3-4-19(13-44)45(18)32-27-22-15-47-14-21(22)26(28-23(37)5-6-24-25(28)20(10-39)31(40)49-24)29(38)30(27)41-33(42-32)48-16-34-7-2-8-43(34)11-17(36)9-34/h5-6,17-19,46H,2-4,7-9,11-16,40H2,1H3/t17-,18?,19?,34+/m1/s1. The van der Waals surface area contributed by atoms with Crippen LogP contribution in [0.4, 0.5) is 24.0 Å². The number of nitriles is 1. The molecule has 15 heteroatoms. The van der Waals surface area contributed by atoms with E-state index in [1.165, 1.54) is 6.07 Å². The Bertz CT molecular complexity index is 2060. The van der Waals surface area contributed by atoms with Crippen molar-refractivity contribution in [3.63, 3.8) is 0 Å². The summed E-state index contributed by atoms with van der Waals surface area (Å²) < 4.78 is 61.0. The Morgan fingerprint density at radius 1 is 1.14 bits per heavy atom. The highest BCUT2D eigenvalue weighted by Gasteiger charge is 2.50. The first-order valence-electron chi connectivity index (χ1n) is 16.9. The molecule has 254 valence electrons. The van der Waals surface area contributed by atoms with Gasteiger partial charge in [-0.3, -0.25) is 4.90 Å². The third kappa shape index (κ3) is 4.68. The highest BCUT2D eigenvalue weighted by Crippen LogP contribution is 2.49. The van der Waals surface area contributed by atoms with Crippen LogP contribution in [0.15, 0.2) is 12.1 Å². The summed E-state index contributed by atoms with van der Waals surface area (Å²) in [7, 11) is -0.606. The van der Waals surface area contributed by atoms with E-state index in [9.17, 15) is 14.7 Å². The number of anilines is 2. The van der Waals surface area contributed by atoms with Crippen LogP contribution in [0, 0.1) is 23.0 Å². The number of benzene rings is 2. The highest BCUT2D eigenvalue weighted by atomic mass is 32.1. The van der Waals surface area contributed by atoms with Crippen molar-refractivity contribution in [2.75, 3.05) is 43.4 Å². The van der Waals surface area contributed by atoms with Gasteiger partial charge in [-0.15, -0.1) is 11.3 Å². The number of ether oxygens (including phenoxy) is 2. The number of aromatic nitrogens is 2. The maximum absolute atomic E-state index is 17.5. The van der Waals surface area contributed by atoms with E-state index in [1.807, 2.05) is 4.81 Å². The second-order valence-electron chi connectivity index (χ2n) is 14.2. The lowest BCUT2D eigenvalue weighted by molar-refractivity contribution is 0.107. The second-order valence-corrected chi connectivity index (χ2v) is 15.3. The highest BCUT2D eigenvalue weighted by molar-refractivity contribution is 7.23. The van der Waals surface area contributed by atoms with Crippen LogP contribution in [-0.4, -0.2) is 88.3 Å². The molecule has 2 aromatic heterocycles. The molecular formula is C34H35BF3N7O3S. The van der Waals surface area contributed by atoms with Crippen molar-refractivity contribution < 1.29 is 27.7 Å². The van der Waals surface area contributed by atoms with E-state index in [0.29, 0.717) is 53.1 Å². The number of thiophene rings is 1.